The molecular weight excluding hydrogens is 378 g/mol. The van der Waals surface area contributed by atoms with Crippen LogP contribution in [-0.4, -0.2) is 28.7 Å². The van der Waals surface area contributed by atoms with Crippen LogP contribution in [0.25, 0.3) is 0 Å². The summed E-state index contributed by atoms with van der Waals surface area (Å²) in [7, 11) is 0. The standard InChI is InChI=1S/C16H22BrN3O4/c1-16(2,3)24-15(21)19-12-6-5-11(9-12)18-13-7-4-10(17)8-14(13)20(22)23/h4,7-8,11-12,18H,5-6,9H2,1-3H3,(H,19,21). The number of nitro groups is 1. The van der Waals surface area contributed by atoms with Gasteiger partial charge in [0.15, 0.2) is 0 Å². The van der Waals surface area contributed by atoms with Crippen molar-refractivity contribution in [2.45, 2.75) is 57.7 Å². The van der Waals surface area contributed by atoms with E-state index in [9.17, 15) is 14.9 Å². The summed E-state index contributed by atoms with van der Waals surface area (Å²) in [6, 6.07) is 5.02. The Balaban J connectivity index is 1.93. The van der Waals surface area contributed by atoms with Crippen molar-refractivity contribution < 1.29 is 14.5 Å². The van der Waals surface area contributed by atoms with E-state index >= 15 is 0 Å². The molecule has 8 heteroatoms. The normalized spacial score (nSPS) is 20.5. The highest BCUT2D eigenvalue weighted by atomic mass is 79.9. The summed E-state index contributed by atoms with van der Waals surface area (Å²) in [4.78, 5) is 22.6. The molecular formula is C16H22BrN3O4. The van der Waals surface area contributed by atoms with Crippen LogP contribution < -0.4 is 10.6 Å². The number of hydrogen-bond donors (Lipinski definition) is 2. The van der Waals surface area contributed by atoms with Crippen molar-refractivity contribution in [3.63, 3.8) is 0 Å². The predicted octanol–water partition coefficient (Wildman–Crippen LogP) is 4.22. The summed E-state index contributed by atoms with van der Waals surface area (Å²) in [5.41, 5.74) is -0.00250. The largest absolute Gasteiger partial charge is 0.444 e. The fourth-order valence-corrected chi connectivity index (χ4v) is 3.06. The highest BCUT2D eigenvalue weighted by Gasteiger charge is 2.29. The topological polar surface area (TPSA) is 93.5 Å². The van der Waals surface area contributed by atoms with Gasteiger partial charge < -0.3 is 15.4 Å². The summed E-state index contributed by atoms with van der Waals surface area (Å²) in [6.45, 7) is 5.45. The van der Waals surface area contributed by atoms with Crippen LogP contribution in [-0.2, 0) is 4.74 Å². The van der Waals surface area contributed by atoms with E-state index in [1.807, 2.05) is 20.8 Å². The molecule has 0 radical (unpaired) electrons. The van der Waals surface area contributed by atoms with E-state index < -0.39 is 16.6 Å². The fraction of sp³-hybridized carbons (Fsp3) is 0.562. The summed E-state index contributed by atoms with van der Waals surface area (Å²) >= 11 is 3.24. The number of hydrogen-bond acceptors (Lipinski definition) is 5. The molecule has 0 spiro atoms. The third kappa shape index (κ3) is 5.36. The molecule has 2 rings (SSSR count). The Hall–Kier alpha value is -1.83. The molecule has 1 fully saturated rings. The van der Waals surface area contributed by atoms with Gasteiger partial charge in [-0.1, -0.05) is 15.9 Å². The number of rotatable bonds is 4. The Kier molecular flexibility index (Phi) is 5.69. The van der Waals surface area contributed by atoms with Gasteiger partial charge in [-0.25, -0.2) is 4.79 Å². The minimum Gasteiger partial charge on any atom is -0.444 e. The van der Waals surface area contributed by atoms with Crippen molar-refractivity contribution in [2.24, 2.45) is 0 Å². The van der Waals surface area contributed by atoms with Crippen LogP contribution in [0.4, 0.5) is 16.2 Å². The molecule has 0 aromatic heterocycles. The Bertz CT molecular complexity index is 630. The quantitative estimate of drug-likeness (QED) is 0.583. The zero-order chi connectivity index (χ0) is 17.9. The van der Waals surface area contributed by atoms with Gasteiger partial charge in [-0.2, -0.15) is 0 Å². The van der Waals surface area contributed by atoms with Gasteiger partial charge in [0, 0.05) is 22.6 Å². The van der Waals surface area contributed by atoms with Crippen LogP contribution >= 0.6 is 15.9 Å². The van der Waals surface area contributed by atoms with E-state index in [0.29, 0.717) is 16.6 Å². The molecule has 24 heavy (non-hydrogen) atoms. The fourth-order valence-electron chi connectivity index (χ4n) is 2.72. The number of anilines is 1. The monoisotopic (exact) mass is 399 g/mol. The third-order valence-corrected chi connectivity index (χ3v) is 4.16. The van der Waals surface area contributed by atoms with Crippen LogP contribution in [0.5, 0.6) is 0 Å². The minimum atomic E-state index is -0.529. The molecule has 2 unspecified atom stereocenters. The molecule has 0 saturated heterocycles. The van der Waals surface area contributed by atoms with Gasteiger partial charge in [0.1, 0.15) is 11.3 Å². The first-order valence-corrected chi connectivity index (χ1v) is 8.63. The summed E-state index contributed by atoms with van der Waals surface area (Å²) < 4.78 is 5.91. The summed E-state index contributed by atoms with van der Waals surface area (Å²) in [5.74, 6) is 0. The van der Waals surface area contributed by atoms with Crippen LogP contribution in [0, 0.1) is 10.1 Å². The Morgan fingerprint density at radius 1 is 1.33 bits per heavy atom. The summed E-state index contributed by atoms with van der Waals surface area (Å²) in [5, 5.41) is 17.2. The first-order valence-electron chi connectivity index (χ1n) is 7.84. The molecule has 1 aliphatic rings. The van der Waals surface area contributed by atoms with Crippen LogP contribution in [0.15, 0.2) is 22.7 Å². The van der Waals surface area contributed by atoms with E-state index in [1.165, 1.54) is 6.07 Å². The van der Waals surface area contributed by atoms with Gasteiger partial charge in [0.05, 0.1) is 4.92 Å². The zero-order valence-electron chi connectivity index (χ0n) is 14.0. The smallest absolute Gasteiger partial charge is 0.407 e. The van der Waals surface area contributed by atoms with Crippen LogP contribution in [0.1, 0.15) is 40.0 Å². The second kappa shape index (κ2) is 7.38. The van der Waals surface area contributed by atoms with Crippen molar-refractivity contribution in [3.05, 3.63) is 32.8 Å². The second-order valence-electron chi connectivity index (χ2n) is 6.92. The number of benzene rings is 1. The first-order chi connectivity index (χ1) is 11.1. The number of carbonyl (C=O) groups excluding carboxylic acids is 1. The maximum Gasteiger partial charge on any atom is 0.407 e. The van der Waals surface area contributed by atoms with E-state index in [2.05, 4.69) is 26.6 Å². The highest BCUT2D eigenvalue weighted by molar-refractivity contribution is 9.10. The van der Waals surface area contributed by atoms with E-state index in [0.717, 1.165) is 12.8 Å². The number of carbonyl (C=O) groups is 1. The third-order valence-electron chi connectivity index (χ3n) is 3.67. The van der Waals surface area contributed by atoms with Gasteiger partial charge in [0.25, 0.3) is 5.69 Å². The molecule has 0 heterocycles. The minimum absolute atomic E-state index is 0.00635. The van der Waals surface area contributed by atoms with Crippen LogP contribution in [0.3, 0.4) is 0 Å². The molecule has 1 aliphatic carbocycles. The van der Waals surface area contributed by atoms with Crippen LogP contribution in [0.2, 0.25) is 0 Å². The lowest BCUT2D eigenvalue weighted by Crippen LogP contribution is -2.38. The van der Waals surface area contributed by atoms with Gasteiger partial charge >= 0.3 is 6.09 Å². The lowest BCUT2D eigenvalue weighted by atomic mass is 10.2. The molecule has 2 N–H and O–H groups in total. The maximum atomic E-state index is 11.8. The lowest BCUT2D eigenvalue weighted by molar-refractivity contribution is -0.384. The molecule has 1 aromatic rings. The van der Waals surface area contributed by atoms with Crippen molar-refractivity contribution in [3.8, 4) is 0 Å². The van der Waals surface area contributed by atoms with Crippen molar-refractivity contribution in [1.29, 1.82) is 0 Å². The summed E-state index contributed by atoms with van der Waals surface area (Å²) in [6.07, 6.45) is 1.91. The Morgan fingerprint density at radius 3 is 2.62 bits per heavy atom. The number of halogens is 1. The lowest BCUT2D eigenvalue weighted by Gasteiger charge is -2.22. The van der Waals surface area contributed by atoms with Crippen molar-refractivity contribution in [1.82, 2.24) is 5.32 Å². The number of alkyl carbamates (subject to hydrolysis) is 1. The van der Waals surface area contributed by atoms with Crippen molar-refractivity contribution >= 4 is 33.4 Å². The molecule has 1 aromatic carbocycles. The number of nitrogens with zero attached hydrogens (tertiary/aromatic N) is 1. The molecule has 1 amide bonds. The van der Waals surface area contributed by atoms with E-state index in [1.54, 1.807) is 12.1 Å². The highest BCUT2D eigenvalue weighted by Crippen LogP contribution is 2.31. The van der Waals surface area contributed by atoms with Crippen molar-refractivity contribution in [2.75, 3.05) is 5.32 Å². The van der Waals surface area contributed by atoms with Gasteiger partial charge in [-0.3, -0.25) is 10.1 Å². The van der Waals surface area contributed by atoms with Gasteiger partial charge in [-0.15, -0.1) is 0 Å². The molecule has 132 valence electrons. The first kappa shape index (κ1) is 18.5. The predicted molar refractivity (Wildman–Crippen MR) is 95.2 cm³/mol. The van der Waals surface area contributed by atoms with Gasteiger partial charge in [0.2, 0.25) is 0 Å². The van der Waals surface area contributed by atoms with E-state index in [-0.39, 0.29) is 17.8 Å². The molecule has 1 saturated carbocycles. The average molecular weight is 400 g/mol. The number of nitro benzene ring substituents is 1. The molecule has 0 aliphatic heterocycles. The number of nitrogens with one attached hydrogen (secondary N) is 2. The zero-order valence-corrected chi connectivity index (χ0v) is 15.6. The maximum absolute atomic E-state index is 11.8. The number of amides is 1. The molecule has 2 atom stereocenters. The van der Waals surface area contributed by atoms with Gasteiger partial charge in [-0.05, 0) is 52.2 Å². The van der Waals surface area contributed by atoms with E-state index in [4.69, 9.17) is 4.74 Å². The molecule has 0 bridgehead atoms. The second-order valence-corrected chi connectivity index (χ2v) is 7.83. The Labute approximate surface area is 149 Å². The number of ether oxygens (including phenoxy) is 1. The average Bonchev–Trinajstić information content (AvgIpc) is 2.85. The Morgan fingerprint density at radius 2 is 2.00 bits per heavy atom. The SMILES string of the molecule is CC(C)(C)OC(=O)NC1CCC(Nc2ccc(Br)cc2[N+](=O)[O-])C1. The molecule has 7 nitrogen and oxygen atoms in total.